The summed E-state index contributed by atoms with van der Waals surface area (Å²) in [6, 6.07) is 25.4. The predicted octanol–water partition coefficient (Wildman–Crippen LogP) is 5.69. The molecule has 8 heteroatoms. The van der Waals surface area contributed by atoms with Crippen LogP contribution in [0.5, 0.6) is 17.2 Å². The molecule has 4 atom stereocenters. The van der Waals surface area contributed by atoms with E-state index in [0.29, 0.717) is 34.1 Å². The first-order valence-corrected chi connectivity index (χ1v) is 14.3. The topological polar surface area (TPSA) is 94.2 Å². The molecule has 220 valence electrons. The van der Waals surface area contributed by atoms with Crippen molar-refractivity contribution in [2.24, 2.45) is 5.92 Å². The molecule has 0 bridgehead atoms. The van der Waals surface area contributed by atoms with Gasteiger partial charge in [-0.05, 0) is 59.2 Å². The summed E-state index contributed by atoms with van der Waals surface area (Å²) in [5, 5.41) is 3.07. The van der Waals surface area contributed by atoms with E-state index in [-0.39, 0.29) is 17.3 Å². The fourth-order valence-corrected chi connectivity index (χ4v) is 7.29. The van der Waals surface area contributed by atoms with Gasteiger partial charge >= 0.3 is 0 Å². The number of carbonyl (C=O) groups is 3. The van der Waals surface area contributed by atoms with E-state index in [9.17, 15) is 9.59 Å². The minimum Gasteiger partial charge on any atom is -0.497 e. The van der Waals surface area contributed by atoms with Crippen LogP contribution in [0.15, 0.2) is 97.2 Å². The Kier molecular flexibility index (Phi) is 6.50. The SMILES string of the molecule is COc1cccc(C(=O)[C@@H]2[C@H](C(=O)c3cc(OC)ccc3OC)[C@@]3(C(=O)Nc4ccccc43)[C@H]3c4ccccc4C=CN23)c1. The van der Waals surface area contributed by atoms with Crippen LogP contribution in [0, 0.1) is 5.92 Å². The Hall–Kier alpha value is -5.37. The van der Waals surface area contributed by atoms with Gasteiger partial charge in [0.2, 0.25) is 5.91 Å². The molecule has 0 aliphatic carbocycles. The summed E-state index contributed by atoms with van der Waals surface area (Å²) in [5.41, 5.74) is 2.22. The molecule has 1 N–H and O–H groups in total. The maximum atomic E-state index is 15.2. The van der Waals surface area contributed by atoms with E-state index in [4.69, 9.17) is 14.2 Å². The molecule has 44 heavy (non-hydrogen) atoms. The van der Waals surface area contributed by atoms with Crippen molar-refractivity contribution in [3.63, 3.8) is 0 Å². The first kappa shape index (κ1) is 27.5. The fraction of sp³-hybridized carbons (Fsp3) is 0.194. The molecule has 7 rings (SSSR count). The van der Waals surface area contributed by atoms with Crippen LogP contribution >= 0.6 is 0 Å². The number of methoxy groups -OCH3 is 3. The van der Waals surface area contributed by atoms with Crippen molar-refractivity contribution >= 4 is 29.2 Å². The highest BCUT2D eigenvalue weighted by Crippen LogP contribution is 2.62. The molecule has 3 aliphatic rings. The minimum atomic E-state index is -1.46. The second kappa shape index (κ2) is 10.4. The standard InChI is InChI=1S/C36H30N2O6/c1-42-23-11-8-10-22(19-23)32(39)31-30(33(40)26-20-24(43-2)15-16-29(26)44-3)36(27-13-6-7-14-28(27)37-35(36)41)34-25-12-5-4-9-21(25)17-18-38(31)34/h4-20,30-31,34H,1-3H3,(H,37,41)/t30-,31+,34-,36-/m1/s1. The molecule has 1 amide bonds. The maximum Gasteiger partial charge on any atom is 0.238 e. The number of rotatable bonds is 7. The van der Waals surface area contributed by atoms with E-state index in [0.717, 1.165) is 11.1 Å². The third kappa shape index (κ3) is 3.80. The van der Waals surface area contributed by atoms with Crippen LogP contribution in [0.25, 0.3) is 6.08 Å². The summed E-state index contributed by atoms with van der Waals surface area (Å²) in [4.78, 5) is 46.5. The van der Waals surface area contributed by atoms with Gasteiger partial charge in [0.25, 0.3) is 0 Å². The number of carbonyl (C=O) groups excluding carboxylic acids is 3. The molecular weight excluding hydrogens is 556 g/mol. The number of ketones is 2. The summed E-state index contributed by atoms with van der Waals surface area (Å²) in [7, 11) is 4.54. The van der Waals surface area contributed by atoms with Crippen molar-refractivity contribution in [1.82, 2.24) is 4.90 Å². The Bertz CT molecular complexity index is 1870. The molecule has 1 fully saturated rings. The zero-order valence-electron chi connectivity index (χ0n) is 24.4. The second-order valence-electron chi connectivity index (χ2n) is 11.1. The van der Waals surface area contributed by atoms with Gasteiger partial charge in [-0.2, -0.15) is 0 Å². The Morgan fingerprint density at radius 2 is 1.55 bits per heavy atom. The Morgan fingerprint density at radius 3 is 2.34 bits per heavy atom. The summed E-state index contributed by atoms with van der Waals surface area (Å²) in [6.07, 6.45) is 3.78. The normalized spacial score (nSPS) is 22.6. The lowest BCUT2D eigenvalue weighted by molar-refractivity contribution is -0.122. The highest BCUT2D eigenvalue weighted by atomic mass is 16.5. The van der Waals surface area contributed by atoms with Crippen molar-refractivity contribution in [3.8, 4) is 17.2 Å². The molecular formula is C36H30N2O6. The Balaban J connectivity index is 1.55. The van der Waals surface area contributed by atoms with Crippen molar-refractivity contribution in [2.45, 2.75) is 17.5 Å². The lowest BCUT2D eigenvalue weighted by Crippen LogP contribution is -2.49. The molecule has 1 spiro atoms. The van der Waals surface area contributed by atoms with E-state index < -0.39 is 29.2 Å². The van der Waals surface area contributed by atoms with Crippen molar-refractivity contribution in [2.75, 3.05) is 26.6 Å². The number of para-hydroxylation sites is 1. The number of benzene rings is 4. The van der Waals surface area contributed by atoms with Gasteiger partial charge < -0.3 is 24.4 Å². The van der Waals surface area contributed by atoms with Gasteiger partial charge in [0.1, 0.15) is 28.7 Å². The zero-order valence-corrected chi connectivity index (χ0v) is 24.4. The minimum absolute atomic E-state index is 0.231. The van der Waals surface area contributed by atoms with Gasteiger partial charge in [0.05, 0.1) is 38.9 Å². The molecule has 0 saturated carbocycles. The molecule has 0 radical (unpaired) electrons. The highest BCUT2D eigenvalue weighted by molar-refractivity contribution is 6.17. The molecule has 0 aromatic heterocycles. The zero-order chi connectivity index (χ0) is 30.6. The summed E-state index contributed by atoms with van der Waals surface area (Å²) in [5.74, 6) is -0.879. The van der Waals surface area contributed by atoms with E-state index in [1.165, 1.54) is 21.3 Å². The number of nitrogens with zero attached hydrogens (tertiary/aromatic N) is 1. The van der Waals surface area contributed by atoms with Crippen LogP contribution in [-0.4, -0.2) is 49.7 Å². The second-order valence-corrected chi connectivity index (χ2v) is 11.1. The first-order valence-electron chi connectivity index (χ1n) is 14.3. The van der Waals surface area contributed by atoms with E-state index in [2.05, 4.69) is 5.32 Å². The van der Waals surface area contributed by atoms with Crippen LogP contribution in [0.1, 0.15) is 43.4 Å². The van der Waals surface area contributed by atoms with Crippen LogP contribution in [0.2, 0.25) is 0 Å². The Labute approximate surface area is 254 Å². The van der Waals surface area contributed by atoms with Crippen molar-refractivity contribution in [1.29, 1.82) is 0 Å². The van der Waals surface area contributed by atoms with Crippen molar-refractivity contribution in [3.05, 3.63) is 125 Å². The number of Topliss-reactive ketones (excluding diaryl/α,β-unsaturated/α-hetero) is 2. The van der Waals surface area contributed by atoms with E-state index in [1.807, 2.05) is 65.7 Å². The van der Waals surface area contributed by atoms with E-state index >= 15 is 4.79 Å². The molecule has 3 aliphatic heterocycles. The molecule has 8 nitrogen and oxygen atoms in total. The number of hydrogen-bond acceptors (Lipinski definition) is 7. The smallest absolute Gasteiger partial charge is 0.238 e. The largest absolute Gasteiger partial charge is 0.497 e. The van der Waals surface area contributed by atoms with Crippen LogP contribution < -0.4 is 19.5 Å². The fourth-order valence-electron chi connectivity index (χ4n) is 7.29. The molecule has 0 unspecified atom stereocenters. The number of hydrogen-bond donors (Lipinski definition) is 1. The number of ether oxygens (including phenoxy) is 3. The lowest BCUT2D eigenvalue weighted by atomic mass is 9.62. The molecule has 4 aromatic carbocycles. The Morgan fingerprint density at radius 1 is 0.795 bits per heavy atom. The number of nitrogens with one attached hydrogen (secondary N) is 1. The van der Waals surface area contributed by atoms with Gasteiger partial charge in [0, 0.05) is 17.5 Å². The van der Waals surface area contributed by atoms with Gasteiger partial charge in [0.15, 0.2) is 11.6 Å². The first-order chi connectivity index (χ1) is 21.4. The number of anilines is 1. The lowest BCUT2D eigenvalue weighted by Gasteiger charge is -2.38. The van der Waals surface area contributed by atoms with Gasteiger partial charge in [-0.15, -0.1) is 0 Å². The summed E-state index contributed by atoms with van der Waals surface area (Å²) in [6.45, 7) is 0. The van der Waals surface area contributed by atoms with Gasteiger partial charge in [-0.3, -0.25) is 14.4 Å². The summed E-state index contributed by atoms with van der Waals surface area (Å²) >= 11 is 0. The van der Waals surface area contributed by atoms with Crippen LogP contribution in [-0.2, 0) is 10.2 Å². The third-order valence-electron chi connectivity index (χ3n) is 9.15. The van der Waals surface area contributed by atoms with E-state index in [1.54, 1.807) is 42.5 Å². The number of fused-ring (bicyclic) bond motifs is 6. The van der Waals surface area contributed by atoms with Crippen LogP contribution in [0.4, 0.5) is 5.69 Å². The average molecular weight is 587 g/mol. The van der Waals surface area contributed by atoms with Crippen LogP contribution in [0.3, 0.4) is 0 Å². The van der Waals surface area contributed by atoms with Gasteiger partial charge in [-0.25, -0.2) is 0 Å². The van der Waals surface area contributed by atoms with Gasteiger partial charge in [-0.1, -0.05) is 54.6 Å². The monoisotopic (exact) mass is 586 g/mol. The molecule has 1 saturated heterocycles. The molecule has 4 aromatic rings. The molecule has 3 heterocycles. The maximum absolute atomic E-state index is 15.2. The predicted molar refractivity (Wildman–Crippen MR) is 165 cm³/mol. The average Bonchev–Trinajstić information content (AvgIpc) is 3.55. The highest BCUT2D eigenvalue weighted by Gasteiger charge is 2.71. The third-order valence-corrected chi connectivity index (χ3v) is 9.15. The number of amides is 1. The van der Waals surface area contributed by atoms with Crippen molar-refractivity contribution < 1.29 is 28.6 Å². The summed E-state index contributed by atoms with van der Waals surface area (Å²) < 4.78 is 16.6. The quantitative estimate of drug-likeness (QED) is 0.278.